The van der Waals surface area contributed by atoms with Gasteiger partial charge in [-0.05, 0) is 43.7 Å². The fourth-order valence-corrected chi connectivity index (χ4v) is 4.87. The molecule has 2 aromatic carbocycles. The molecular formula is C25H24N2O5S. The average molecular weight is 465 g/mol. The van der Waals surface area contributed by atoms with Gasteiger partial charge in [-0.3, -0.25) is 9.36 Å². The molecule has 1 aliphatic heterocycles. The Hall–Kier alpha value is -3.65. The van der Waals surface area contributed by atoms with Crippen molar-refractivity contribution in [3.63, 3.8) is 0 Å². The standard InChI is InChI=1S/C25H24N2O5S/c1-5-32-24(29)21-15(2)26-25-27(22(21)16-9-7-6-8-10-16)23(28)20(33-25)14-17-13-18(30-3)11-12-19(17)31-4/h6-14,22H,5H2,1-4H3. The molecule has 0 spiro atoms. The first kappa shape index (κ1) is 22.5. The summed E-state index contributed by atoms with van der Waals surface area (Å²) in [5.74, 6) is 0.790. The van der Waals surface area contributed by atoms with Crippen molar-refractivity contribution in [3.8, 4) is 11.5 Å². The van der Waals surface area contributed by atoms with Crippen LogP contribution in [0.15, 0.2) is 69.6 Å². The van der Waals surface area contributed by atoms with Crippen LogP contribution in [0.2, 0.25) is 0 Å². The van der Waals surface area contributed by atoms with Crippen LogP contribution in [0.5, 0.6) is 11.5 Å². The predicted octanol–water partition coefficient (Wildman–Crippen LogP) is 2.82. The van der Waals surface area contributed by atoms with E-state index in [1.54, 1.807) is 56.9 Å². The van der Waals surface area contributed by atoms with E-state index in [0.29, 0.717) is 37.7 Å². The van der Waals surface area contributed by atoms with Gasteiger partial charge in [0.25, 0.3) is 5.56 Å². The third-order valence-corrected chi connectivity index (χ3v) is 6.34. The van der Waals surface area contributed by atoms with Gasteiger partial charge in [-0.2, -0.15) is 0 Å². The lowest BCUT2D eigenvalue weighted by molar-refractivity contribution is -0.139. The Labute approximate surface area is 194 Å². The molecule has 33 heavy (non-hydrogen) atoms. The summed E-state index contributed by atoms with van der Waals surface area (Å²) in [6.45, 7) is 3.75. The van der Waals surface area contributed by atoms with Gasteiger partial charge in [0.15, 0.2) is 4.80 Å². The van der Waals surface area contributed by atoms with E-state index in [-0.39, 0.29) is 12.2 Å². The number of thiazole rings is 1. The van der Waals surface area contributed by atoms with Gasteiger partial charge in [-0.1, -0.05) is 41.7 Å². The third kappa shape index (κ3) is 4.21. The largest absolute Gasteiger partial charge is 0.497 e. The zero-order valence-electron chi connectivity index (χ0n) is 18.8. The minimum Gasteiger partial charge on any atom is -0.497 e. The Morgan fingerprint density at radius 3 is 2.58 bits per heavy atom. The highest BCUT2D eigenvalue weighted by Gasteiger charge is 2.33. The molecule has 0 saturated carbocycles. The zero-order chi connectivity index (χ0) is 23.5. The Morgan fingerprint density at radius 2 is 1.91 bits per heavy atom. The normalized spacial score (nSPS) is 15.6. The van der Waals surface area contributed by atoms with E-state index in [4.69, 9.17) is 14.2 Å². The van der Waals surface area contributed by atoms with Crippen LogP contribution < -0.4 is 24.4 Å². The van der Waals surface area contributed by atoms with Crippen LogP contribution in [0.1, 0.15) is 31.0 Å². The monoisotopic (exact) mass is 464 g/mol. The lowest BCUT2D eigenvalue weighted by Gasteiger charge is -2.24. The molecule has 0 bridgehead atoms. The Morgan fingerprint density at radius 1 is 1.15 bits per heavy atom. The first-order valence-corrected chi connectivity index (χ1v) is 11.3. The lowest BCUT2D eigenvalue weighted by atomic mass is 9.96. The van der Waals surface area contributed by atoms with Crippen molar-refractivity contribution >= 4 is 23.4 Å². The molecular weight excluding hydrogens is 440 g/mol. The summed E-state index contributed by atoms with van der Waals surface area (Å²) >= 11 is 1.26. The van der Waals surface area contributed by atoms with Crippen LogP contribution in [-0.2, 0) is 9.53 Å². The van der Waals surface area contributed by atoms with E-state index >= 15 is 0 Å². The Balaban J connectivity index is 1.96. The number of hydrogen-bond donors (Lipinski definition) is 0. The van der Waals surface area contributed by atoms with Gasteiger partial charge in [0.1, 0.15) is 11.5 Å². The van der Waals surface area contributed by atoms with E-state index in [1.807, 2.05) is 30.3 Å². The molecule has 3 aromatic rings. The summed E-state index contributed by atoms with van der Waals surface area (Å²) in [4.78, 5) is 31.6. The van der Waals surface area contributed by atoms with Crippen molar-refractivity contribution in [2.75, 3.05) is 20.8 Å². The number of hydrogen-bond acceptors (Lipinski definition) is 7. The smallest absolute Gasteiger partial charge is 0.338 e. The molecule has 0 amide bonds. The van der Waals surface area contributed by atoms with Crippen molar-refractivity contribution in [2.45, 2.75) is 19.9 Å². The van der Waals surface area contributed by atoms with Crippen LogP contribution in [0.25, 0.3) is 6.08 Å². The molecule has 8 heteroatoms. The molecule has 7 nitrogen and oxygen atoms in total. The number of carbonyl (C=O) groups excluding carboxylic acids is 1. The van der Waals surface area contributed by atoms with Crippen LogP contribution in [-0.4, -0.2) is 31.4 Å². The summed E-state index contributed by atoms with van der Waals surface area (Å²) in [6, 6.07) is 14.2. The van der Waals surface area contributed by atoms with Gasteiger partial charge in [0, 0.05) is 5.56 Å². The number of fused-ring (bicyclic) bond motifs is 1. The van der Waals surface area contributed by atoms with Crippen LogP contribution in [0.4, 0.5) is 0 Å². The maximum absolute atomic E-state index is 13.6. The van der Waals surface area contributed by atoms with Crippen molar-refractivity contribution in [1.29, 1.82) is 0 Å². The highest BCUT2D eigenvalue weighted by Crippen LogP contribution is 2.30. The quantitative estimate of drug-likeness (QED) is 0.524. The van der Waals surface area contributed by atoms with E-state index in [2.05, 4.69) is 4.99 Å². The molecule has 1 atom stereocenters. The molecule has 0 fully saturated rings. The van der Waals surface area contributed by atoms with Crippen molar-refractivity contribution in [3.05, 3.63) is 90.6 Å². The molecule has 1 unspecified atom stereocenters. The second kappa shape index (κ2) is 9.46. The molecule has 0 N–H and O–H groups in total. The van der Waals surface area contributed by atoms with Gasteiger partial charge in [-0.15, -0.1) is 0 Å². The fraction of sp³-hybridized carbons (Fsp3) is 0.240. The van der Waals surface area contributed by atoms with Crippen LogP contribution >= 0.6 is 11.3 Å². The fourth-order valence-electron chi connectivity index (χ4n) is 3.84. The second-order valence-electron chi connectivity index (χ2n) is 7.32. The summed E-state index contributed by atoms with van der Waals surface area (Å²) in [6.07, 6.45) is 1.76. The number of aromatic nitrogens is 1. The van der Waals surface area contributed by atoms with Crippen molar-refractivity contribution in [1.82, 2.24) is 4.57 Å². The molecule has 1 aliphatic rings. The topological polar surface area (TPSA) is 79.1 Å². The lowest BCUT2D eigenvalue weighted by Crippen LogP contribution is -2.39. The van der Waals surface area contributed by atoms with Crippen LogP contribution in [0, 0.1) is 0 Å². The minimum absolute atomic E-state index is 0.233. The van der Waals surface area contributed by atoms with Gasteiger partial charge >= 0.3 is 5.97 Å². The molecule has 1 aromatic heterocycles. The molecule has 4 rings (SSSR count). The summed E-state index contributed by atoms with van der Waals surface area (Å²) in [5.41, 5.74) is 2.17. The number of allylic oxidation sites excluding steroid dienone is 1. The summed E-state index contributed by atoms with van der Waals surface area (Å²) in [7, 11) is 3.16. The van der Waals surface area contributed by atoms with Gasteiger partial charge in [0.05, 0.1) is 42.7 Å². The Kier molecular flexibility index (Phi) is 6.46. The first-order chi connectivity index (χ1) is 16.0. The van der Waals surface area contributed by atoms with Gasteiger partial charge in [0.2, 0.25) is 0 Å². The number of esters is 1. The summed E-state index contributed by atoms with van der Waals surface area (Å²) in [5, 5.41) is 0. The van der Waals surface area contributed by atoms with E-state index in [1.165, 1.54) is 11.3 Å². The first-order valence-electron chi connectivity index (χ1n) is 10.4. The van der Waals surface area contributed by atoms with Gasteiger partial charge in [-0.25, -0.2) is 9.79 Å². The molecule has 0 saturated heterocycles. The van der Waals surface area contributed by atoms with E-state index < -0.39 is 12.0 Å². The number of benzene rings is 2. The summed E-state index contributed by atoms with van der Waals surface area (Å²) < 4.78 is 18.1. The molecule has 2 heterocycles. The van der Waals surface area contributed by atoms with E-state index in [0.717, 1.165) is 5.56 Å². The second-order valence-corrected chi connectivity index (χ2v) is 8.33. The highest BCUT2D eigenvalue weighted by atomic mass is 32.1. The molecule has 0 radical (unpaired) electrons. The highest BCUT2D eigenvalue weighted by molar-refractivity contribution is 7.07. The number of rotatable bonds is 6. The SMILES string of the molecule is CCOC(=O)C1=C(C)N=c2sc(=Cc3cc(OC)ccc3OC)c(=O)n2C1c1ccccc1. The zero-order valence-corrected chi connectivity index (χ0v) is 19.6. The Bertz CT molecular complexity index is 1400. The minimum atomic E-state index is -0.629. The van der Waals surface area contributed by atoms with Gasteiger partial charge < -0.3 is 14.2 Å². The number of nitrogens with zero attached hydrogens (tertiary/aromatic N) is 2. The molecule has 170 valence electrons. The number of methoxy groups -OCH3 is 2. The number of ether oxygens (including phenoxy) is 3. The van der Waals surface area contributed by atoms with E-state index in [9.17, 15) is 9.59 Å². The van der Waals surface area contributed by atoms with Crippen LogP contribution in [0.3, 0.4) is 0 Å². The molecule has 0 aliphatic carbocycles. The van der Waals surface area contributed by atoms with Crippen molar-refractivity contribution < 1.29 is 19.0 Å². The predicted molar refractivity (Wildman–Crippen MR) is 126 cm³/mol. The number of carbonyl (C=O) groups is 1. The maximum atomic E-state index is 13.6. The third-order valence-electron chi connectivity index (χ3n) is 5.36. The average Bonchev–Trinajstić information content (AvgIpc) is 3.13. The maximum Gasteiger partial charge on any atom is 0.338 e. The van der Waals surface area contributed by atoms with Crippen molar-refractivity contribution in [2.24, 2.45) is 4.99 Å².